The van der Waals surface area contributed by atoms with Crippen molar-refractivity contribution in [3.05, 3.63) is 71.7 Å². The fraction of sp³-hybridized carbons (Fsp3) is 0.238. The van der Waals surface area contributed by atoms with Crippen LogP contribution in [0.1, 0.15) is 19.4 Å². The molecular formula is C21H21FN2O2S. The quantitative estimate of drug-likeness (QED) is 0.534. The molecule has 0 aromatic heterocycles. The smallest absolute Gasteiger partial charge is 0.283 e. The van der Waals surface area contributed by atoms with Crippen LogP contribution in [0.25, 0.3) is 6.08 Å². The van der Waals surface area contributed by atoms with Crippen LogP contribution < -0.4 is 4.90 Å². The minimum Gasteiger partial charge on any atom is -0.378 e. The van der Waals surface area contributed by atoms with Crippen LogP contribution in [0.3, 0.4) is 0 Å². The van der Waals surface area contributed by atoms with Crippen LogP contribution in [0.2, 0.25) is 0 Å². The minimum atomic E-state index is -0.345. The number of hydrogen-bond acceptors (Lipinski definition) is 4. The van der Waals surface area contributed by atoms with Gasteiger partial charge in [-0.3, -0.25) is 9.69 Å². The Balaban J connectivity index is 1.85. The van der Waals surface area contributed by atoms with Crippen LogP contribution in [-0.4, -0.2) is 29.5 Å². The Morgan fingerprint density at radius 3 is 2.52 bits per heavy atom. The Labute approximate surface area is 162 Å². The van der Waals surface area contributed by atoms with Crippen molar-refractivity contribution >= 4 is 34.6 Å². The van der Waals surface area contributed by atoms with Crippen molar-refractivity contribution in [2.45, 2.75) is 20.0 Å². The zero-order valence-electron chi connectivity index (χ0n) is 15.3. The largest absolute Gasteiger partial charge is 0.378 e. The second-order valence-electron chi connectivity index (χ2n) is 6.22. The number of halogens is 1. The number of amides is 1. The van der Waals surface area contributed by atoms with Crippen molar-refractivity contribution in [3.8, 4) is 0 Å². The highest BCUT2D eigenvalue weighted by molar-refractivity contribution is 8.14. The van der Waals surface area contributed by atoms with E-state index < -0.39 is 0 Å². The summed E-state index contributed by atoms with van der Waals surface area (Å²) >= 11 is 1.45. The lowest BCUT2D eigenvalue weighted by atomic mass is 10.2. The van der Waals surface area contributed by atoms with E-state index in [1.807, 2.05) is 44.2 Å². The molecule has 6 heteroatoms. The predicted molar refractivity (Wildman–Crippen MR) is 109 cm³/mol. The average molecular weight is 384 g/mol. The molecule has 0 aliphatic carbocycles. The van der Waals surface area contributed by atoms with Gasteiger partial charge in [0.2, 0.25) is 0 Å². The molecule has 2 aromatic carbocycles. The topological polar surface area (TPSA) is 41.9 Å². The summed E-state index contributed by atoms with van der Waals surface area (Å²) in [5, 5.41) is 0.571. The molecule has 0 saturated heterocycles. The fourth-order valence-electron chi connectivity index (χ4n) is 2.53. The van der Waals surface area contributed by atoms with E-state index in [1.165, 1.54) is 28.8 Å². The Bertz CT molecular complexity index is 848. The molecule has 4 nitrogen and oxygen atoms in total. The van der Waals surface area contributed by atoms with Crippen LogP contribution in [0, 0.1) is 5.82 Å². The third kappa shape index (κ3) is 5.05. The number of rotatable bonds is 6. The van der Waals surface area contributed by atoms with Crippen molar-refractivity contribution < 1.29 is 13.9 Å². The third-order valence-electron chi connectivity index (χ3n) is 3.78. The van der Waals surface area contributed by atoms with Gasteiger partial charge in [0.05, 0.1) is 18.4 Å². The highest BCUT2D eigenvalue weighted by Crippen LogP contribution is 2.29. The van der Waals surface area contributed by atoms with Crippen molar-refractivity contribution in [2.24, 2.45) is 4.99 Å². The van der Waals surface area contributed by atoms with Crippen molar-refractivity contribution in [1.82, 2.24) is 0 Å². The van der Waals surface area contributed by atoms with Crippen LogP contribution in [0.5, 0.6) is 0 Å². The molecule has 140 valence electrons. The zero-order chi connectivity index (χ0) is 19.2. The number of ether oxygens (including phenoxy) is 1. The SMILES string of the molecule is CC(C)OCCSC1=NC(=Cc2ccccc2)C(=O)N1c1ccc(F)cc1. The fourth-order valence-corrected chi connectivity index (χ4v) is 3.38. The van der Waals surface area contributed by atoms with Gasteiger partial charge in [0, 0.05) is 5.75 Å². The van der Waals surface area contributed by atoms with E-state index >= 15 is 0 Å². The molecule has 1 amide bonds. The van der Waals surface area contributed by atoms with Crippen molar-refractivity contribution in [1.29, 1.82) is 0 Å². The molecule has 0 spiro atoms. The first-order valence-corrected chi connectivity index (χ1v) is 9.73. The minimum absolute atomic E-state index is 0.152. The predicted octanol–water partition coefficient (Wildman–Crippen LogP) is 4.73. The normalized spacial score (nSPS) is 15.7. The number of benzene rings is 2. The molecule has 0 fully saturated rings. The number of hydrogen-bond donors (Lipinski definition) is 0. The monoisotopic (exact) mass is 384 g/mol. The van der Waals surface area contributed by atoms with Crippen molar-refractivity contribution in [3.63, 3.8) is 0 Å². The van der Waals surface area contributed by atoms with Gasteiger partial charge in [-0.1, -0.05) is 42.1 Å². The molecule has 0 saturated carbocycles. The maximum absolute atomic E-state index is 13.3. The lowest BCUT2D eigenvalue weighted by Gasteiger charge is -2.18. The third-order valence-corrected chi connectivity index (χ3v) is 4.69. The standard InChI is InChI=1S/C21H21FN2O2S/c1-15(2)26-12-13-27-21-23-19(14-16-6-4-3-5-7-16)20(25)24(21)18-10-8-17(22)9-11-18/h3-11,14-15H,12-13H2,1-2H3. The molecule has 1 aliphatic heterocycles. The van der Waals surface area contributed by atoms with Gasteiger partial charge in [-0.2, -0.15) is 0 Å². The van der Waals surface area contributed by atoms with E-state index in [-0.39, 0.29) is 17.8 Å². The molecular weight excluding hydrogens is 363 g/mol. The first kappa shape index (κ1) is 19.3. The van der Waals surface area contributed by atoms with Gasteiger partial charge in [-0.05, 0) is 49.8 Å². The van der Waals surface area contributed by atoms with Gasteiger partial charge in [0.15, 0.2) is 5.17 Å². The van der Waals surface area contributed by atoms with E-state index in [1.54, 1.807) is 18.2 Å². The highest BCUT2D eigenvalue weighted by atomic mass is 32.2. The van der Waals surface area contributed by atoms with E-state index in [9.17, 15) is 9.18 Å². The Hall–Kier alpha value is -2.44. The summed E-state index contributed by atoms with van der Waals surface area (Å²) in [4.78, 5) is 19.0. The average Bonchev–Trinajstić information content (AvgIpc) is 2.96. The van der Waals surface area contributed by atoms with E-state index in [4.69, 9.17) is 4.74 Å². The lowest BCUT2D eigenvalue weighted by Crippen LogP contribution is -2.30. The van der Waals surface area contributed by atoms with Crippen LogP contribution in [-0.2, 0) is 9.53 Å². The van der Waals surface area contributed by atoms with E-state index in [2.05, 4.69) is 4.99 Å². The summed E-state index contributed by atoms with van der Waals surface area (Å²) in [5.41, 5.74) is 1.85. The van der Waals surface area contributed by atoms with Gasteiger partial charge in [0.1, 0.15) is 11.5 Å². The molecule has 1 aliphatic rings. The Morgan fingerprint density at radius 1 is 1.15 bits per heavy atom. The first-order valence-electron chi connectivity index (χ1n) is 8.74. The van der Waals surface area contributed by atoms with Crippen LogP contribution >= 0.6 is 11.8 Å². The van der Waals surface area contributed by atoms with Gasteiger partial charge in [-0.25, -0.2) is 9.38 Å². The summed E-state index contributed by atoms with van der Waals surface area (Å²) in [6, 6.07) is 15.4. The second kappa shape index (κ2) is 8.97. The second-order valence-corrected chi connectivity index (χ2v) is 7.28. The van der Waals surface area contributed by atoms with Crippen molar-refractivity contribution in [2.75, 3.05) is 17.3 Å². The number of carbonyl (C=O) groups is 1. The summed E-state index contributed by atoms with van der Waals surface area (Å²) in [5.74, 6) is 0.0975. The van der Waals surface area contributed by atoms with Crippen LogP contribution in [0.4, 0.5) is 10.1 Å². The zero-order valence-corrected chi connectivity index (χ0v) is 16.1. The molecule has 0 N–H and O–H groups in total. The Kier molecular flexibility index (Phi) is 6.42. The number of thioether (sulfide) groups is 1. The lowest BCUT2D eigenvalue weighted by molar-refractivity contribution is -0.113. The maximum Gasteiger partial charge on any atom is 0.283 e. The molecule has 1 heterocycles. The Morgan fingerprint density at radius 2 is 1.85 bits per heavy atom. The molecule has 0 unspecified atom stereocenters. The van der Waals surface area contributed by atoms with E-state index in [0.717, 1.165) is 5.56 Å². The molecule has 27 heavy (non-hydrogen) atoms. The number of aliphatic imine (C=N–C) groups is 1. The number of carbonyl (C=O) groups excluding carboxylic acids is 1. The number of amidine groups is 1. The highest BCUT2D eigenvalue weighted by Gasteiger charge is 2.31. The van der Waals surface area contributed by atoms with Gasteiger partial charge in [0.25, 0.3) is 5.91 Å². The number of anilines is 1. The van der Waals surface area contributed by atoms with Gasteiger partial charge >= 0.3 is 0 Å². The number of nitrogens with zero attached hydrogens (tertiary/aromatic N) is 2. The van der Waals surface area contributed by atoms with Crippen LogP contribution in [0.15, 0.2) is 65.3 Å². The summed E-state index contributed by atoms with van der Waals surface area (Å²) < 4.78 is 18.9. The molecule has 2 aromatic rings. The first-order chi connectivity index (χ1) is 13.0. The summed E-state index contributed by atoms with van der Waals surface area (Å²) in [7, 11) is 0. The van der Waals surface area contributed by atoms with E-state index in [0.29, 0.717) is 28.9 Å². The summed E-state index contributed by atoms with van der Waals surface area (Å²) in [6.45, 7) is 4.52. The van der Waals surface area contributed by atoms with Gasteiger partial charge < -0.3 is 4.74 Å². The molecule has 0 atom stereocenters. The molecule has 0 radical (unpaired) electrons. The molecule has 0 bridgehead atoms. The maximum atomic E-state index is 13.3. The summed E-state index contributed by atoms with van der Waals surface area (Å²) in [6.07, 6.45) is 1.91. The van der Waals surface area contributed by atoms with Gasteiger partial charge in [-0.15, -0.1) is 0 Å². The molecule has 3 rings (SSSR count).